The van der Waals surface area contributed by atoms with Crippen LogP contribution >= 0.6 is 0 Å². The first-order valence-electron chi connectivity index (χ1n) is 7.24. The van der Waals surface area contributed by atoms with Crippen LogP contribution in [0.1, 0.15) is 52.4 Å². The van der Waals surface area contributed by atoms with Crippen molar-refractivity contribution < 1.29 is 19.4 Å². The number of aliphatic carboxylic acids is 1. The molecule has 0 aliphatic carbocycles. The van der Waals surface area contributed by atoms with Gasteiger partial charge in [-0.15, -0.1) is 0 Å². The number of carboxylic acid groups (broad SMARTS) is 1. The van der Waals surface area contributed by atoms with E-state index in [9.17, 15) is 9.59 Å². The van der Waals surface area contributed by atoms with Crippen LogP contribution in [-0.2, 0) is 14.3 Å². The zero-order chi connectivity index (χ0) is 14.3. The second-order valence-corrected chi connectivity index (χ2v) is 5.19. The lowest BCUT2D eigenvalue weighted by molar-refractivity contribution is -0.151. The van der Waals surface area contributed by atoms with Gasteiger partial charge in [-0.1, -0.05) is 33.1 Å². The number of unbranched alkanes of at least 4 members (excludes halogenated alkanes) is 1. The Kier molecular flexibility index (Phi) is 6.84. The Labute approximate surface area is 114 Å². The molecule has 1 aliphatic rings. The zero-order valence-corrected chi connectivity index (χ0v) is 11.9. The van der Waals surface area contributed by atoms with E-state index in [0.29, 0.717) is 25.3 Å². The molecule has 110 valence electrons. The molecule has 1 saturated heterocycles. The van der Waals surface area contributed by atoms with Crippen LogP contribution < -0.4 is 5.32 Å². The zero-order valence-electron chi connectivity index (χ0n) is 11.9. The summed E-state index contributed by atoms with van der Waals surface area (Å²) in [4.78, 5) is 22.6. The van der Waals surface area contributed by atoms with E-state index in [-0.39, 0.29) is 5.91 Å². The first kappa shape index (κ1) is 16.0. The molecule has 5 nitrogen and oxygen atoms in total. The van der Waals surface area contributed by atoms with Crippen LogP contribution in [0.5, 0.6) is 0 Å². The molecule has 0 radical (unpaired) electrons. The molecule has 5 heteroatoms. The lowest BCUT2D eigenvalue weighted by atomic mass is 9.99. The Hall–Kier alpha value is -1.10. The van der Waals surface area contributed by atoms with Gasteiger partial charge in [-0.05, 0) is 25.2 Å². The summed E-state index contributed by atoms with van der Waals surface area (Å²) in [5.74, 6) is -0.649. The minimum atomic E-state index is -0.982. The van der Waals surface area contributed by atoms with Crippen molar-refractivity contribution in [2.45, 2.75) is 64.6 Å². The van der Waals surface area contributed by atoms with Gasteiger partial charge in [-0.2, -0.15) is 0 Å². The third-order valence-corrected chi connectivity index (χ3v) is 3.70. The summed E-state index contributed by atoms with van der Waals surface area (Å²) in [5.41, 5.74) is 0. The van der Waals surface area contributed by atoms with E-state index in [2.05, 4.69) is 19.2 Å². The van der Waals surface area contributed by atoms with Gasteiger partial charge < -0.3 is 15.2 Å². The van der Waals surface area contributed by atoms with E-state index >= 15 is 0 Å². The molecule has 3 unspecified atom stereocenters. The molecule has 1 heterocycles. The first-order chi connectivity index (χ1) is 9.08. The summed E-state index contributed by atoms with van der Waals surface area (Å²) in [7, 11) is 0. The van der Waals surface area contributed by atoms with E-state index in [4.69, 9.17) is 9.84 Å². The topological polar surface area (TPSA) is 75.6 Å². The predicted molar refractivity (Wildman–Crippen MR) is 71.8 cm³/mol. The third-order valence-electron chi connectivity index (χ3n) is 3.70. The van der Waals surface area contributed by atoms with Crippen LogP contribution in [0.4, 0.5) is 0 Å². The van der Waals surface area contributed by atoms with Crippen LogP contribution in [-0.4, -0.2) is 35.7 Å². The largest absolute Gasteiger partial charge is 0.479 e. The van der Waals surface area contributed by atoms with Crippen LogP contribution in [0.25, 0.3) is 0 Å². The lowest BCUT2D eigenvalue weighted by Gasteiger charge is -2.17. The van der Waals surface area contributed by atoms with Gasteiger partial charge >= 0.3 is 5.97 Å². The Morgan fingerprint density at radius 3 is 2.53 bits per heavy atom. The maximum absolute atomic E-state index is 11.9. The van der Waals surface area contributed by atoms with Gasteiger partial charge in [-0.3, -0.25) is 4.79 Å². The standard InChI is InChI=1S/C14H25NO4/c1-3-5-6-10(4-2)9-15-13(16)11-7-8-12(19-11)14(17)18/h10-12H,3-9H2,1-2H3,(H,15,16)(H,17,18). The van der Waals surface area contributed by atoms with Crippen molar-refractivity contribution in [1.82, 2.24) is 5.32 Å². The molecule has 1 aliphatic heterocycles. The highest BCUT2D eigenvalue weighted by atomic mass is 16.5. The Bertz CT molecular complexity index is 306. The van der Waals surface area contributed by atoms with E-state index < -0.39 is 18.2 Å². The SMILES string of the molecule is CCCCC(CC)CNC(=O)C1CCC(C(=O)O)O1. The minimum Gasteiger partial charge on any atom is -0.479 e. The summed E-state index contributed by atoms with van der Waals surface area (Å²) >= 11 is 0. The van der Waals surface area contributed by atoms with Crippen molar-refractivity contribution in [2.24, 2.45) is 5.92 Å². The average molecular weight is 271 g/mol. The molecule has 1 amide bonds. The highest BCUT2D eigenvalue weighted by molar-refractivity contribution is 5.82. The fourth-order valence-electron chi connectivity index (χ4n) is 2.31. The molecule has 0 aromatic carbocycles. The molecule has 0 saturated carbocycles. The number of rotatable bonds is 8. The van der Waals surface area contributed by atoms with E-state index in [1.165, 1.54) is 6.42 Å². The second kappa shape index (κ2) is 8.15. The highest BCUT2D eigenvalue weighted by Gasteiger charge is 2.34. The molecule has 3 atom stereocenters. The lowest BCUT2D eigenvalue weighted by Crippen LogP contribution is -2.38. The molecule has 1 rings (SSSR count). The molecule has 19 heavy (non-hydrogen) atoms. The van der Waals surface area contributed by atoms with Gasteiger partial charge in [0.15, 0.2) is 6.10 Å². The number of nitrogens with one attached hydrogen (secondary N) is 1. The maximum atomic E-state index is 11.9. The number of hydrogen-bond donors (Lipinski definition) is 2. The maximum Gasteiger partial charge on any atom is 0.332 e. The molecule has 0 aromatic rings. The molecular weight excluding hydrogens is 246 g/mol. The number of carbonyl (C=O) groups is 2. The quantitative estimate of drug-likeness (QED) is 0.707. The average Bonchev–Trinajstić information content (AvgIpc) is 2.88. The fraction of sp³-hybridized carbons (Fsp3) is 0.857. The van der Waals surface area contributed by atoms with Crippen LogP contribution in [0.15, 0.2) is 0 Å². The Morgan fingerprint density at radius 1 is 1.32 bits per heavy atom. The summed E-state index contributed by atoms with van der Waals surface area (Å²) in [5, 5.41) is 11.7. The van der Waals surface area contributed by atoms with E-state index in [0.717, 1.165) is 19.3 Å². The highest BCUT2D eigenvalue weighted by Crippen LogP contribution is 2.20. The monoisotopic (exact) mass is 271 g/mol. The molecular formula is C14H25NO4. The van der Waals surface area contributed by atoms with Gasteiger partial charge in [0.1, 0.15) is 6.10 Å². The van der Waals surface area contributed by atoms with Crippen LogP contribution in [0.3, 0.4) is 0 Å². The van der Waals surface area contributed by atoms with Crippen molar-refractivity contribution in [3.05, 3.63) is 0 Å². The molecule has 1 fully saturated rings. The Morgan fingerprint density at radius 2 is 2.00 bits per heavy atom. The molecule has 2 N–H and O–H groups in total. The number of carboxylic acids is 1. The Balaban J connectivity index is 2.29. The smallest absolute Gasteiger partial charge is 0.332 e. The van der Waals surface area contributed by atoms with Gasteiger partial charge in [0.2, 0.25) is 5.91 Å². The van der Waals surface area contributed by atoms with Crippen molar-refractivity contribution in [2.75, 3.05) is 6.54 Å². The van der Waals surface area contributed by atoms with Crippen molar-refractivity contribution >= 4 is 11.9 Å². The van der Waals surface area contributed by atoms with E-state index in [1.54, 1.807) is 0 Å². The number of carbonyl (C=O) groups excluding carboxylic acids is 1. The van der Waals surface area contributed by atoms with Gasteiger partial charge in [-0.25, -0.2) is 4.79 Å². The van der Waals surface area contributed by atoms with E-state index in [1.807, 2.05) is 0 Å². The van der Waals surface area contributed by atoms with Gasteiger partial charge in [0.05, 0.1) is 0 Å². The molecule has 0 aromatic heterocycles. The summed E-state index contributed by atoms with van der Waals surface area (Å²) in [6.45, 7) is 4.94. The van der Waals surface area contributed by atoms with Crippen LogP contribution in [0.2, 0.25) is 0 Å². The summed E-state index contributed by atoms with van der Waals surface area (Å²) in [6.07, 6.45) is 4.00. The predicted octanol–water partition coefficient (Wildman–Crippen LogP) is 1.95. The number of amides is 1. The normalized spacial score (nSPS) is 24.1. The summed E-state index contributed by atoms with van der Waals surface area (Å²) in [6, 6.07) is 0. The van der Waals surface area contributed by atoms with Gasteiger partial charge in [0, 0.05) is 6.54 Å². The molecule has 0 spiro atoms. The number of hydrogen-bond acceptors (Lipinski definition) is 3. The van der Waals surface area contributed by atoms with Crippen molar-refractivity contribution in [1.29, 1.82) is 0 Å². The first-order valence-corrected chi connectivity index (χ1v) is 7.24. The van der Waals surface area contributed by atoms with Gasteiger partial charge in [0.25, 0.3) is 0 Å². The van der Waals surface area contributed by atoms with Crippen molar-refractivity contribution in [3.63, 3.8) is 0 Å². The fourth-order valence-corrected chi connectivity index (χ4v) is 2.31. The minimum absolute atomic E-state index is 0.168. The van der Waals surface area contributed by atoms with Crippen molar-refractivity contribution in [3.8, 4) is 0 Å². The molecule has 0 bridgehead atoms. The van der Waals surface area contributed by atoms with Crippen LogP contribution in [0, 0.1) is 5.92 Å². The number of ether oxygens (including phenoxy) is 1. The second-order valence-electron chi connectivity index (χ2n) is 5.19. The third kappa shape index (κ3) is 5.19. The summed E-state index contributed by atoms with van der Waals surface area (Å²) < 4.78 is 5.22.